The fourth-order valence-electron chi connectivity index (χ4n) is 4.84. The van der Waals surface area contributed by atoms with Gasteiger partial charge in [0.15, 0.2) is 0 Å². The normalized spacial score (nSPS) is 53.7. The highest BCUT2D eigenvalue weighted by atomic mass is 16.4. The Kier molecular flexibility index (Phi) is 3.34. The zero-order chi connectivity index (χ0) is 14.7. The molecular weight excluding hydrogens is 244 g/mol. The van der Waals surface area contributed by atoms with Crippen LogP contribution in [0.2, 0.25) is 0 Å². The van der Waals surface area contributed by atoms with Gasteiger partial charge in [0.2, 0.25) is 0 Å². The van der Waals surface area contributed by atoms with Gasteiger partial charge in [0.05, 0.1) is 12.7 Å². The summed E-state index contributed by atoms with van der Waals surface area (Å²) in [5, 5.41) is 41.6. The van der Waals surface area contributed by atoms with E-state index < -0.39 is 29.3 Å². The molecule has 2 saturated carbocycles. The van der Waals surface area contributed by atoms with Crippen LogP contribution in [0.4, 0.5) is 0 Å². The lowest BCUT2D eigenvalue weighted by atomic mass is 9.43. The Morgan fingerprint density at radius 2 is 1.63 bits per heavy atom. The second-order valence-corrected chi connectivity index (χ2v) is 7.73. The van der Waals surface area contributed by atoms with Gasteiger partial charge in [0.1, 0.15) is 11.2 Å². The minimum absolute atomic E-state index is 0.00632. The Hall–Kier alpha value is -0.160. The van der Waals surface area contributed by atoms with E-state index in [2.05, 4.69) is 13.8 Å². The van der Waals surface area contributed by atoms with Gasteiger partial charge in [0.25, 0.3) is 0 Å². The van der Waals surface area contributed by atoms with E-state index in [-0.39, 0.29) is 11.3 Å². The fraction of sp³-hybridized carbons (Fsp3) is 1.00. The van der Waals surface area contributed by atoms with Crippen molar-refractivity contribution in [3.8, 4) is 0 Å². The molecule has 0 aromatic heterocycles. The summed E-state index contributed by atoms with van der Waals surface area (Å²) in [5.74, 6) is 0.0844. The van der Waals surface area contributed by atoms with Crippen LogP contribution in [0.5, 0.6) is 0 Å². The number of hydrogen-bond donors (Lipinski definition) is 4. The van der Waals surface area contributed by atoms with Gasteiger partial charge in [-0.1, -0.05) is 27.2 Å². The van der Waals surface area contributed by atoms with Gasteiger partial charge in [0, 0.05) is 5.41 Å². The first-order chi connectivity index (χ1) is 8.53. The average molecular weight is 272 g/mol. The minimum atomic E-state index is -1.68. The molecule has 0 amide bonds. The smallest absolute Gasteiger partial charge is 0.124 e. The molecule has 4 heteroatoms. The van der Waals surface area contributed by atoms with E-state index in [1.165, 1.54) is 6.92 Å². The van der Waals surface area contributed by atoms with Crippen molar-refractivity contribution in [2.45, 2.75) is 70.7 Å². The van der Waals surface area contributed by atoms with Gasteiger partial charge in [-0.05, 0) is 37.5 Å². The molecule has 2 fully saturated rings. The van der Waals surface area contributed by atoms with Gasteiger partial charge < -0.3 is 20.4 Å². The van der Waals surface area contributed by atoms with Gasteiger partial charge in [-0.2, -0.15) is 0 Å². The average Bonchev–Trinajstić information content (AvgIpc) is 2.30. The van der Waals surface area contributed by atoms with Crippen molar-refractivity contribution in [1.82, 2.24) is 0 Å². The van der Waals surface area contributed by atoms with Crippen molar-refractivity contribution in [3.63, 3.8) is 0 Å². The first-order valence-corrected chi connectivity index (χ1v) is 7.26. The lowest BCUT2D eigenvalue weighted by Gasteiger charge is -2.65. The van der Waals surface area contributed by atoms with Gasteiger partial charge >= 0.3 is 0 Å². The summed E-state index contributed by atoms with van der Waals surface area (Å²) < 4.78 is 0. The molecule has 19 heavy (non-hydrogen) atoms. The summed E-state index contributed by atoms with van der Waals surface area (Å²) in [5.41, 5.74) is -3.93. The summed E-state index contributed by atoms with van der Waals surface area (Å²) in [4.78, 5) is 0. The van der Waals surface area contributed by atoms with Crippen LogP contribution in [0.1, 0.15) is 53.4 Å². The molecule has 0 aliphatic heterocycles. The molecule has 0 aromatic rings. The predicted octanol–water partition coefficient (Wildman–Crippen LogP) is 1.06. The maximum Gasteiger partial charge on any atom is 0.124 e. The van der Waals surface area contributed by atoms with Crippen molar-refractivity contribution < 1.29 is 20.4 Å². The van der Waals surface area contributed by atoms with Gasteiger partial charge in [-0.15, -0.1) is 0 Å². The molecule has 112 valence electrons. The molecule has 2 aliphatic rings. The Balaban J connectivity index is 2.55. The van der Waals surface area contributed by atoms with E-state index >= 15 is 0 Å². The van der Waals surface area contributed by atoms with Crippen LogP contribution in [-0.2, 0) is 0 Å². The zero-order valence-corrected chi connectivity index (χ0v) is 12.5. The highest BCUT2D eigenvalue weighted by molar-refractivity contribution is 5.19. The van der Waals surface area contributed by atoms with E-state index in [0.29, 0.717) is 6.42 Å². The van der Waals surface area contributed by atoms with E-state index in [1.54, 1.807) is 0 Å². The third-order valence-electron chi connectivity index (χ3n) is 6.35. The van der Waals surface area contributed by atoms with Crippen molar-refractivity contribution in [1.29, 1.82) is 0 Å². The largest absolute Gasteiger partial charge is 0.393 e. The van der Waals surface area contributed by atoms with E-state index in [4.69, 9.17) is 0 Å². The second kappa shape index (κ2) is 4.17. The second-order valence-electron chi connectivity index (χ2n) is 7.73. The lowest BCUT2D eigenvalue weighted by molar-refractivity contribution is -0.313. The van der Waals surface area contributed by atoms with Gasteiger partial charge in [-0.3, -0.25) is 0 Å². The molecule has 0 heterocycles. The Morgan fingerprint density at radius 3 is 2.16 bits per heavy atom. The maximum absolute atomic E-state index is 11.0. The maximum atomic E-state index is 11.0. The molecular formula is C15H28O4. The van der Waals surface area contributed by atoms with Crippen LogP contribution in [0.3, 0.4) is 0 Å². The highest BCUT2D eigenvalue weighted by Crippen LogP contribution is 2.63. The van der Waals surface area contributed by atoms with Crippen LogP contribution in [0, 0.1) is 16.7 Å². The summed E-state index contributed by atoms with van der Waals surface area (Å²) in [6, 6.07) is 0. The Morgan fingerprint density at radius 1 is 1.05 bits per heavy atom. The predicted molar refractivity (Wildman–Crippen MR) is 72.5 cm³/mol. The first-order valence-electron chi connectivity index (χ1n) is 7.26. The molecule has 0 aromatic carbocycles. The summed E-state index contributed by atoms with van der Waals surface area (Å²) in [7, 11) is 0. The number of rotatable bonds is 1. The van der Waals surface area contributed by atoms with Crippen LogP contribution >= 0.6 is 0 Å². The van der Waals surface area contributed by atoms with E-state index in [1.807, 2.05) is 6.92 Å². The lowest BCUT2D eigenvalue weighted by Crippen LogP contribution is -2.75. The number of aliphatic hydroxyl groups is 4. The van der Waals surface area contributed by atoms with Crippen molar-refractivity contribution in [2.24, 2.45) is 16.7 Å². The monoisotopic (exact) mass is 272 g/mol. The summed E-state index contributed by atoms with van der Waals surface area (Å²) in [6.45, 7) is 7.17. The number of fused-ring (bicyclic) bond motifs is 1. The van der Waals surface area contributed by atoms with Crippen molar-refractivity contribution in [2.75, 3.05) is 6.61 Å². The molecule has 5 atom stereocenters. The van der Waals surface area contributed by atoms with Crippen LogP contribution in [0.15, 0.2) is 0 Å². The first kappa shape index (κ1) is 15.2. The zero-order valence-electron chi connectivity index (χ0n) is 12.5. The fourth-order valence-corrected chi connectivity index (χ4v) is 4.84. The third kappa shape index (κ3) is 1.73. The molecule has 4 N–H and O–H groups in total. The molecule has 4 nitrogen and oxygen atoms in total. The van der Waals surface area contributed by atoms with Crippen LogP contribution < -0.4 is 0 Å². The molecule has 0 radical (unpaired) electrons. The molecule has 0 spiro atoms. The number of hydrogen-bond acceptors (Lipinski definition) is 4. The van der Waals surface area contributed by atoms with Gasteiger partial charge in [-0.25, -0.2) is 0 Å². The highest BCUT2D eigenvalue weighted by Gasteiger charge is 2.69. The van der Waals surface area contributed by atoms with Crippen LogP contribution in [-0.4, -0.2) is 44.3 Å². The topological polar surface area (TPSA) is 80.9 Å². The molecule has 2 rings (SSSR count). The minimum Gasteiger partial charge on any atom is -0.393 e. The number of aliphatic hydroxyl groups excluding tert-OH is 2. The van der Waals surface area contributed by atoms with Crippen molar-refractivity contribution >= 4 is 0 Å². The Bertz CT molecular complexity index is 365. The quantitative estimate of drug-likeness (QED) is 0.575. The Labute approximate surface area is 115 Å². The molecule has 0 unspecified atom stereocenters. The van der Waals surface area contributed by atoms with Crippen LogP contribution in [0.25, 0.3) is 0 Å². The molecule has 2 aliphatic carbocycles. The van der Waals surface area contributed by atoms with E-state index in [0.717, 1.165) is 19.3 Å². The van der Waals surface area contributed by atoms with E-state index in [9.17, 15) is 20.4 Å². The third-order valence-corrected chi connectivity index (χ3v) is 6.35. The standard InChI is InChI=1S/C15H28O4/c1-12(2)6-5-7-13(3)10(12)8-11(17)14(4,18)15(13,19)9-16/h10-11,16-19H,5-9H2,1-4H3/t10-,11+,13-,14+,15-/m0/s1. The van der Waals surface area contributed by atoms with Crippen molar-refractivity contribution in [3.05, 3.63) is 0 Å². The molecule has 0 bridgehead atoms. The summed E-state index contributed by atoms with van der Waals surface area (Å²) in [6.07, 6.45) is 2.23. The molecule has 0 saturated heterocycles. The SMILES string of the molecule is CC1(C)CCC[C@@]2(C)[C@H]1C[C@@H](O)[C@@](C)(O)[C@]2(O)CO. The summed E-state index contributed by atoms with van der Waals surface area (Å²) >= 11 is 0.